The standard InChI is InChI=1S/C22H20N2O7/c1-24-16-10-14(22(29)30-2)8-9-15(16)19(26)18(21(24)28)20(27)23-11-17(25)31-12-13-6-4-3-5-7-13/h3-10,26H,11-12H2,1-2H3,(H,23,27). The first-order valence-electron chi connectivity index (χ1n) is 9.25. The minimum absolute atomic E-state index is 0.0427. The number of nitrogens with one attached hydrogen (secondary N) is 1. The summed E-state index contributed by atoms with van der Waals surface area (Å²) in [6.45, 7) is -0.436. The van der Waals surface area contributed by atoms with Crippen LogP contribution >= 0.6 is 0 Å². The number of aryl methyl sites for hydroxylation is 1. The fourth-order valence-electron chi connectivity index (χ4n) is 3.00. The third kappa shape index (κ3) is 4.55. The van der Waals surface area contributed by atoms with Crippen molar-refractivity contribution in [2.24, 2.45) is 7.05 Å². The Kier molecular flexibility index (Phi) is 6.35. The number of benzene rings is 2. The highest BCUT2D eigenvalue weighted by Crippen LogP contribution is 2.27. The smallest absolute Gasteiger partial charge is 0.337 e. The van der Waals surface area contributed by atoms with E-state index in [9.17, 15) is 24.3 Å². The van der Waals surface area contributed by atoms with E-state index < -0.39 is 41.3 Å². The predicted octanol–water partition coefficient (Wildman–Crippen LogP) is 1.50. The van der Waals surface area contributed by atoms with Crippen molar-refractivity contribution in [3.8, 4) is 5.75 Å². The number of hydrogen-bond acceptors (Lipinski definition) is 7. The number of carbonyl (C=O) groups excluding carboxylic acids is 3. The van der Waals surface area contributed by atoms with E-state index in [1.54, 1.807) is 24.3 Å². The number of fused-ring (bicyclic) bond motifs is 1. The molecule has 0 bridgehead atoms. The second-order valence-corrected chi connectivity index (χ2v) is 6.64. The van der Waals surface area contributed by atoms with Gasteiger partial charge in [0.05, 0.1) is 18.2 Å². The summed E-state index contributed by atoms with van der Waals surface area (Å²) in [6, 6.07) is 13.2. The number of aromatic nitrogens is 1. The number of hydrogen-bond donors (Lipinski definition) is 2. The van der Waals surface area contributed by atoms with Crippen molar-refractivity contribution in [2.75, 3.05) is 13.7 Å². The highest BCUT2D eigenvalue weighted by Gasteiger charge is 2.22. The third-order valence-electron chi connectivity index (χ3n) is 4.65. The monoisotopic (exact) mass is 424 g/mol. The highest BCUT2D eigenvalue weighted by atomic mass is 16.5. The number of nitrogens with zero attached hydrogens (tertiary/aromatic N) is 1. The van der Waals surface area contributed by atoms with Crippen LogP contribution in [0.3, 0.4) is 0 Å². The molecule has 1 aromatic heterocycles. The first-order valence-corrected chi connectivity index (χ1v) is 9.25. The van der Waals surface area contributed by atoms with Crippen molar-refractivity contribution in [1.82, 2.24) is 9.88 Å². The molecule has 160 valence electrons. The topological polar surface area (TPSA) is 124 Å². The lowest BCUT2D eigenvalue weighted by Crippen LogP contribution is -2.35. The van der Waals surface area contributed by atoms with Gasteiger partial charge in [-0.1, -0.05) is 30.3 Å². The van der Waals surface area contributed by atoms with Gasteiger partial charge in [0.25, 0.3) is 11.5 Å². The Hall–Kier alpha value is -4.14. The van der Waals surface area contributed by atoms with E-state index in [1.807, 2.05) is 6.07 Å². The molecule has 2 N–H and O–H groups in total. The molecule has 1 amide bonds. The Morgan fingerprint density at radius 3 is 2.48 bits per heavy atom. The molecule has 0 fully saturated rings. The molecule has 1 heterocycles. The van der Waals surface area contributed by atoms with E-state index in [0.717, 1.165) is 10.1 Å². The van der Waals surface area contributed by atoms with Crippen LogP contribution < -0.4 is 10.9 Å². The first kappa shape index (κ1) is 21.6. The Bertz CT molecular complexity index is 1220. The van der Waals surface area contributed by atoms with Crippen molar-refractivity contribution < 1.29 is 29.0 Å². The maximum Gasteiger partial charge on any atom is 0.337 e. The quantitative estimate of drug-likeness (QED) is 0.575. The van der Waals surface area contributed by atoms with Gasteiger partial charge in [-0.15, -0.1) is 0 Å². The average Bonchev–Trinajstić information content (AvgIpc) is 2.79. The van der Waals surface area contributed by atoms with Crippen LogP contribution in [0.1, 0.15) is 26.3 Å². The van der Waals surface area contributed by atoms with Gasteiger partial charge in [-0.2, -0.15) is 0 Å². The molecule has 0 saturated carbocycles. The number of carbonyl (C=O) groups is 3. The number of aromatic hydroxyl groups is 1. The fourth-order valence-corrected chi connectivity index (χ4v) is 3.00. The summed E-state index contributed by atoms with van der Waals surface area (Å²) < 4.78 is 10.9. The second kappa shape index (κ2) is 9.12. The zero-order chi connectivity index (χ0) is 22.5. The van der Waals surface area contributed by atoms with E-state index >= 15 is 0 Å². The predicted molar refractivity (Wildman–Crippen MR) is 111 cm³/mol. The largest absolute Gasteiger partial charge is 0.506 e. The summed E-state index contributed by atoms with van der Waals surface area (Å²) in [5.74, 6) is -2.78. The molecule has 0 aliphatic rings. The van der Waals surface area contributed by atoms with Crippen LogP contribution in [0, 0.1) is 0 Å². The maximum absolute atomic E-state index is 12.7. The Balaban J connectivity index is 1.78. The molecule has 2 aromatic carbocycles. The first-order chi connectivity index (χ1) is 14.8. The zero-order valence-corrected chi connectivity index (χ0v) is 16.9. The number of pyridine rings is 1. The van der Waals surface area contributed by atoms with Crippen LogP contribution in [0.15, 0.2) is 53.3 Å². The third-order valence-corrected chi connectivity index (χ3v) is 4.65. The average molecular weight is 424 g/mol. The van der Waals surface area contributed by atoms with Crippen LogP contribution in [0.2, 0.25) is 0 Å². The minimum atomic E-state index is -0.922. The van der Waals surface area contributed by atoms with Crippen LogP contribution in [-0.2, 0) is 27.9 Å². The molecule has 3 aromatic rings. The lowest BCUT2D eigenvalue weighted by atomic mass is 10.1. The van der Waals surface area contributed by atoms with Gasteiger partial charge in [-0.05, 0) is 23.8 Å². The molecule has 0 saturated heterocycles. The summed E-state index contributed by atoms with van der Waals surface area (Å²) in [5, 5.41) is 13.0. The van der Waals surface area contributed by atoms with Gasteiger partial charge < -0.3 is 24.5 Å². The summed E-state index contributed by atoms with van der Waals surface area (Å²) >= 11 is 0. The lowest BCUT2D eigenvalue weighted by molar-refractivity contribution is -0.143. The fraction of sp³-hybridized carbons (Fsp3) is 0.182. The molecule has 0 aliphatic heterocycles. The van der Waals surface area contributed by atoms with Crippen LogP contribution in [0.25, 0.3) is 10.9 Å². The van der Waals surface area contributed by atoms with Gasteiger partial charge >= 0.3 is 11.9 Å². The van der Waals surface area contributed by atoms with Gasteiger partial charge in [0.1, 0.15) is 24.5 Å². The molecular formula is C22H20N2O7. The summed E-state index contributed by atoms with van der Waals surface area (Å²) in [6.07, 6.45) is 0. The number of rotatable bonds is 6. The molecule has 9 heteroatoms. The number of esters is 2. The molecule has 3 rings (SSSR count). The molecule has 0 aliphatic carbocycles. The maximum atomic E-state index is 12.7. The van der Waals surface area contributed by atoms with Gasteiger partial charge in [0, 0.05) is 12.4 Å². The van der Waals surface area contributed by atoms with E-state index in [2.05, 4.69) is 10.1 Å². The summed E-state index contributed by atoms with van der Waals surface area (Å²) in [5.41, 5.74) is -0.0969. The van der Waals surface area contributed by atoms with Gasteiger partial charge in [-0.3, -0.25) is 14.4 Å². The van der Waals surface area contributed by atoms with E-state index in [-0.39, 0.29) is 23.1 Å². The van der Waals surface area contributed by atoms with Crippen molar-refractivity contribution in [2.45, 2.75) is 6.61 Å². The summed E-state index contributed by atoms with van der Waals surface area (Å²) in [7, 11) is 2.62. The van der Waals surface area contributed by atoms with E-state index in [1.165, 1.54) is 32.4 Å². The molecule has 0 spiro atoms. The van der Waals surface area contributed by atoms with Crippen LogP contribution in [0.4, 0.5) is 0 Å². The Morgan fingerprint density at radius 2 is 1.81 bits per heavy atom. The second-order valence-electron chi connectivity index (χ2n) is 6.64. The summed E-state index contributed by atoms with van der Waals surface area (Å²) in [4.78, 5) is 48.8. The molecule has 0 radical (unpaired) electrons. The molecule has 0 atom stereocenters. The molecule has 31 heavy (non-hydrogen) atoms. The van der Waals surface area contributed by atoms with Crippen molar-refractivity contribution in [3.63, 3.8) is 0 Å². The van der Waals surface area contributed by atoms with Crippen molar-refractivity contribution in [3.05, 3.63) is 75.6 Å². The van der Waals surface area contributed by atoms with Gasteiger partial charge in [-0.25, -0.2) is 4.79 Å². The number of methoxy groups -OCH3 is 1. The Morgan fingerprint density at radius 1 is 1.10 bits per heavy atom. The van der Waals surface area contributed by atoms with E-state index in [0.29, 0.717) is 0 Å². The van der Waals surface area contributed by atoms with Gasteiger partial charge in [0.15, 0.2) is 0 Å². The minimum Gasteiger partial charge on any atom is -0.506 e. The highest BCUT2D eigenvalue weighted by molar-refractivity contribution is 6.04. The molecule has 0 unspecified atom stereocenters. The van der Waals surface area contributed by atoms with Crippen molar-refractivity contribution >= 4 is 28.7 Å². The number of ether oxygens (including phenoxy) is 2. The zero-order valence-electron chi connectivity index (χ0n) is 16.9. The molecule has 9 nitrogen and oxygen atoms in total. The van der Waals surface area contributed by atoms with E-state index in [4.69, 9.17) is 4.74 Å². The van der Waals surface area contributed by atoms with Crippen LogP contribution in [0.5, 0.6) is 5.75 Å². The van der Waals surface area contributed by atoms with Gasteiger partial charge in [0.2, 0.25) is 0 Å². The van der Waals surface area contributed by atoms with Crippen LogP contribution in [-0.4, -0.2) is 41.2 Å². The SMILES string of the molecule is COC(=O)c1ccc2c(O)c(C(=O)NCC(=O)OCc3ccccc3)c(=O)n(C)c2c1. The normalized spacial score (nSPS) is 10.5. The Labute approximate surface area is 176 Å². The lowest BCUT2D eigenvalue weighted by Gasteiger charge is -2.13. The number of amides is 1. The molecular weight excluding hydrogens is 404 g/mol. The van der Waals surface area contributed by atoms with Crippen molar-refractivity contribution in [1.29, 1.82) is 0 Å².